The summed E-state index contributed by atoms with van der Waals surface area (Å²) in [5, 5.41) is 0. The molecule has 0 atom stereocenters. The molecule has 0 bridgehead atoms. The summed E-state index contributed by atoms with van der Waals surface area (Å²) >= 11 is 0. The maximum absolute atomic E-state index is 14.5. The molecule has 0 radical (unpaired) electrons. The van der Waals surface area contributed by atoms with Crippen molar-refractivity contribution in [1.29, 1.82) is 0 Å². The van der Waals surface area contributed by atoms with Crippen LogP contribution in [-0.2, 0) is 0 Å². The fourth-order valence-electron chi connectivity index (χ4n) is 1.48. The number of hydrogen-bond acceptors (Lipinski definition) is 3. The van der Waals surface area contributed by atoms with Gasteiger partial charge in [0.05, 0.1) is 0 Å². The van der Waals surface area contributed by atoms with Crippen LogP contribution in [0.3, 0.4) is 0 Å². The molecule has 0 aromatic carbocycles. The molecule has 0 saturated heterocycles. The number of rotatable bonds is 0. The normalized spacial score (nSPS) is 30.0. The monoisotopic (exact) mass is 545 g/mol. The summed E-state index contributed by atoms with van der Waals surface area (Å²) < 4.78 is 168. The van der Waals surface area contributed by atoms with Crippen LogP contribution in [0, 0.1) is 11.6 Å². The number of nitrogens with zero attached hydrogens (tertiary/aromatic N) is 3. The third-order valence-electron chi connectivity index (χ3n) is 2.63. The fourth-order valence-corrected chi connectivity index (χ4v) is 12.6. The van der Waals surface area contributed by atoms with Crippen LogP contribution in [0.4, 0.5) is 51.5 Å². The van der Waals surface area contributed by atoms with E-state index < -0.39 is 60.2 Å². The standard InChI is InChI=1S/C7H11F12N5P4Si/c1-29(2,3)5-4-20-27(18)21-25(14,15)23-28(19,6(8,9)10,7(11,12)13)24-26(16,17)22-27/h23-24H,1-3H3. The number of hydrogen-bond donors (Lipinski definition) is 2. The Hall–Kier alpha value is -0.0231. The summed E-state index contributed by atoms with van der Waals surface area (Å²) in [6.07, 6.45) is 0. The zero-order valence-corrected chi connectivity index (χ0v) is 18.7. The third-order valence-corrected chi connectivity index (χ3v) is 14.3. The van der Waals surface area contributed by atoms with Gasteiger partial charge in [-0.2, -0.15) is 0 Å². The molecule has 29 heavy (non-hydrogen) atoms. The van der Waals surface area contributed by atoms with Crippen molar-refractivity contribution in [3.8, 4) is 11.6 Å². The molecule has 0 fully saturated rings. The Morgan fingerprint density at radius 1 is 0.828 bits per heavy atom. The predicted octanol–water partition coefficient (Wildman–Crippen LogP) is 9.01. The number of alkyl halides is 6. The van der Waals surface area contributed by atoms with Gasteiger partial charge in [0, 0.05) is 0 Å². The minimum atomic E-state index is -9.88. The van der Waals surface area contributed by atoms with E-state index in [-0.39, 0.29) is 0 Å². The topological polar surface area (TPSA) is 61.1 Å². The molecule has 0 saturated carbocycles. The first-order chi connectivity index (χ1) is 12.4. The van der Waals surface area contributed by atoms with Crippen molar-refractivity contribution in [1.82, 2.24) is 9.72 Å². The van der Waals surface area contributed by atoms with E-state index in [1.807, 2.05) is 0 Å². The number of nitrogens with one attached hydrogen (secondary N) is 2. The first-order valence-corrected chi connectivity index (χ1v) is 16.9. The summed E-state index contributed by atoms with van der Waals surface area (Å²) in [6.45, 7) is 4.57. The van der Waals surface area contributed by atoms with Crippen LogP contribution in [0.2, 0.25) is 19.6 Å². The van der Waals surface area contributed by atoms with E-state index in [2.05, 4.69) is 10.3 Å². The van der Waals surface area contributed by atoms with E-state index in [1.165, 1.54) is 19.6 Å². The van der Waals surface area contributed by atoms with E-state index in [1.54, 1.807) is 15.1 Å². The molecular formula is C7H11F12N5P4Si. The van der Waals surface area contributed by atoms with Crippen LogP contribution >= 0.6 is 30.5 Å². The SMILES string of the molecule is C[Si](C)(C)C#CN=P1(F)N=P(F)(F)NP(F)(C(F)(F)F)(C(F)(F)F)NP(F)(F)=N1. The van der Waals surface area contributed by atoms with Gasteiger partial charge >= 0.3 is 157 Å². The summed E-state index contributed by atoms with van der Waals surface area (Å²) in [7, 11) is -33.2. The van der Waals surface area contributed by atoms with Gasteiger partial charge in [0.1, 0.15) is 0 Å². The van der Waals surface area contributed by atoms with Crippen molar-refractivity contribution in [2.24, 2.45) is 13.8 Å². The zero-order chi connectivity index (χ0) is 23.4. The van der Waals surface area contributed by atoms with Crippen molar-refractivity contribution >= 4 is 38.6 Å². The van der Waals surface area contributed by atoms with Gasteiger partial charge in [-0.05, 0) is 0 Å². The second kappa shape index (κ2) is 7.25. The Morgan fingerprint density at radius 2 is 1.17 bits per heavy atom. The Kier molecular flexibility index (Phi) is 6.76. The van der Waals surface area contributed by atoms with Crippen LogP contribution in [-0.4, -0.2) is 19.9 Å². The second-order valence-corrected chi connectivity index (χ2v) is 20.3. The predicted molar refractivity (Wildman–Crippen MR) is 91.1 cm³/mol. The van der Waals surface area contributed by atoms with Crippen LogP contribution < -0.4 is 9.72 Å². The molecule has 0 spiro atoms. The summed E-state index contributed by atoms with van der Waals surface area (Å²) in [4.78, 5) is -1.46. The molecule has 1 heterocycles. The van der Waals surface area contributed by atoms with Gasteiger partial charge < -0.3 is 0 Å². The van der Waals surface area contributed by atoms with E-state index in [0.29, 0.717) is 0 Å². The maximum atomic E-state index is 14.5. The first-order valence-electron chi connectivity index (χ1n) is 6.71. The molecule has 5 nitrogen and oxygen atoms in total. The van der Waals surface area contributed by atoms with Gasteiger partial charge in [0.15, 0.2) is 0 Å². The van der Waals surface area contributed by atoms with Crippen LogP contribution in [0.25, 0.3) is 0 Å². The minimum absolute atomic E-state index is 0.728. The molecule has 1 aliphatic rings. The first kappa shape index (κ1) is 27.0. The molecule has 172 valence electrons. The Balaban J connectivity index is 3.99. The Morgan fingerprint density at radius 3 is 1.45 bits per heavy atom. The molecule has 1 aliphatic heterocycles. The third kappa shape index (κ3) is 5.62. The fraction of sp³-hybridized carbons (Fsp3) is 0.714. The van der Waals surface area contributed by atoms with Gasteiger partial charge in [-0.25, -0.2) is 0 Å². The summed E-state index contributed by atoms with van der Waals surface area (Å²) in [6, 6.07) is 1.56. The molecule has 0 aromatic rings. The van der Waals surface area contributed by atoms with E-state index in [0.717, 1.165) is 0 Å². The van der Waals surface area contributed by atoms with E-state index in [9.17, 15) is 51.5 Å². The van der Waals surface area contributed by atoms with Gasteiger partial charge in [-0.15, -0.1) is 0 Å². The van der Waals surface area contributed by atoms with Crippen LogP contribution in [0.5, 0.6) is 0 Å². The quantitative estimate of drug-likeness (QED) is 0.138. The zero-order valence-electron chi connectivity index (χ0n) is 14.2. The van der Waals surface area contributed by atoms with Gasteiger partial charge in [-0.3, -0.25) is 0 Å². The molecule has 22 heteroatoms. The molecule has 1 rings (SSSR count). The van der Waals surface area contributed by atoms with Crippen molar-refractivity contribution < 1.29 is 51.5 Å². The summed E-state index contributed by atoms with van der Waals surface area (Å²) in [5.74, 6) is -14.7. The Labute approximate surface area is 157 Å². The van der Waals surface area contributed by atoms with Crippen molar-refractivity contribution in [2.75, 3.05) is 0 Å². The van der Waals surface area contributed by atoms with Crippen LogP contribution in [0.15, 0.2) is 13.8 Å². The molecule has 0 aliphatic carbocycles. The molecule has 0 amide bonds. The number of halogens is 12. The Bertz CT molecular complexity index is 858. The van der Waals surface area contributed by atoms with E-state index >= 15 is 0 Å². The molecular weight excluding hydrogens is 534 g/mol. The molecule has 0 unspecified atom stereocenters. The van der Waals surface area contributed by atoms with Gasteiger partial charge in [0.25, 0.3) is 0 Å². The van der Waals surface area contributed by atoms with Gasteiger partial charge in [0.2, 0.25) is 0 Å². The second-order valence-electron chi connectivity index (χ2n) is 6.37. The van der Waals surface area contributed by atoms with Gasteiger partial charge in [-0.1, -0.05) is 0 Å². The van der Waals surface area contributed by atoms with Crippen LogP contribution in [0.1, 0.15) is 0 Å². The van der Waals surface area contributed by atoms with Crippen molar-refractivity contribution in [3.63, 3.8) is 0 Å². The average Bonchev–Trinajstić information content (AvgIpc) is 2.28. The van der Waals surface area contributed by atoms with Crippen molar-refractivity contribution in [3.05, 3.63) is 0 Å². The van der Waals surface area contributed by atoms with E-state index in [4.69, 9.17) is 0 Å². The van der Waals surface area contributed by atoms with Crippen molar-refractivity contribution in [2.45, 2.75) is 31.5 Å². The molecule has 0 aromatic heterocycles. The molecule has 2 N–H and O–H groups in total. The summed E-state index contributed by atoms with van der Waals surface area (Å²) in [5.41, 5.74) is 2.22. The average molecular weight is 545 g/mol.